The summed E-state index contributed by atoms with van der Waals surface area (Å²) in [6, 6.07) is 14.0. The van der Waals surface area contributed by atoms with Gasteiger partial charge in [-0.1, -0.05) is 35.9 Å². The Labute approximate surface area is 126 Å². The number of aryl methyl sites for hydroxylation is 2. The van der Waals surface area contributed by atoms with Crippen LogP contribution in [0.2, 0.25) is 0 Å². The van der Waals surface area contributed by atoms with Gasteiger partial charge in [0.05, 0.1) is 13.2 Å². The van der Waals surface area contributed by atoms with Crippen LogP contribution in [0.4, 0.5) is 0 Å². The van der Waals surface area contributed by atoms with E-state index in [4.69, 9.17) is 4.74 Å². The van der Waals surface area contributed by atoms with Crippen molar-refractivity contribution in [2.24, 2.45) is 0 Å². The predicted octanol–water partition coefficient (Wildman–Crippen LogP) is 3.14. The van der Waals surface area contributed by atoms with Crippen molar-refractivity contribution < 1.29 is 9.84 Å². The van der Waals surface area contributed by atoms with E-state index in [1.165, 1.54) is 16.7 Å². The fourth-order valence-corrected chi connectivity index (χ4v) is 2.35. The van der Waals surface area contributed by atoms with E-state index in [-0.39, 0.29) is 0 Å². The lowest BCUT2D eigenvalue weighted by Gasteiger charge is -2.14. The first-order chi connectivity index (χ1) is 10.1. The summed E-state index contributed by atoms with van der Waals surface area (Å²) < 4.78 is 5.17. The van der Waals surface area contributed by atoms with Crippen LogP contribution < -0.4 is 10.1 Å². The molecule has 1 unspecified atom stereocenters. The average molecular weight is 285 g/mol. The minimum absolute atomic E-state index is 0.514. The van der Waals surface area contributed by atoms with Gasteiger partial charge < -0.3 is 15.2 Å². The van der Waals surface area contributed by atoms with Gasteiger partial charge >= 0.3 is 0 Å². The van der Waals surface area contributed by atoms with E-state index in [1.807, 2.05) is 24.3 Å². The van der Waals surface area contributed by atoms with Crippen LogP contribution in [0.15, 0.2) is 42.5 Å². The van der Waals surface area contributed by atoms with Crippen LogP contribution in [0.25, 0.3) is 0 Å². The number of nitrogens with one attached hydrogen (secondary N) is 1. The topological polar surface area (TPSA) is 41.5 Å². The molecule has 2 aromatic rings. The highest BCUT2D eigenvalue weighted by atomic mass is 16.5. The molecule has 2 N–H and O–H groups in total. The Bertz CT molecular complexity index is 596. The SMILES string of the molecule is COc1cccc(C(O)CNCc2ccc(C)cc2C)c1. The summed E-state index contributed by atoms with van der Waals surface area (Å²) in [5.74, 6) is 0.765. The van der Waals surface area contributed by atoms with Gasteiger partial charge in [-0.15, -0.1) is 0 Å². The zero-order valence-electron chi connectivity index (χ0n) is 12.9. The lowest BCUT2D eigenvalue weighted by Crippen LogP contribution is -2.21. The Balaban J connectivity index is 1.90. The maximum absolute atomic E-state index is 10.2. The summed E-state index contributed by atoms with van der Waals surface area (Å²) in [5, 5.41) is 13.5. The Morgan fingerprint density at radius 3 is 2.67 bits per heavy atom. The van der Waals surface area contributed by atoms with Gasteiger partial charge in [-0.2, -0.15) is 0 Å². The number of hydrogen-bond donors (Lipinski definition) is 2. The van der Waals surface area contributed by atoms with Crippen molar-refractivity contribution >= 4 is 0 Å². The van der Waals surface area contributed by atoms with Gasteiger partial charge in [-0.3, -0.25) is 0 Å². The molecule has 2 rings (SSSR count). The second kappa shape index (κ2) is 7.25. The molecule has 0 aliphatic carbocycles. The van der Waals surface area contributed by atoms with Crippen molar-refractivity contribution in [1.29, 1.82) is 0 Å². The lowest BCUT2D eigenvalue weighted by molar-refractivity contribution is 0.174. The number of methoxy groups -OCH3 is 1. The van der Waals surface area contributed by atoms with Crippen LogP contribution in [-0.2, 0) is 6.54 Å². The molecule has 0 spiro atoms. The molecule has 0 saturated heterocycles. The highest BCUT2D eigenvalue weighted by Gasteiger charge is 2.08. The summed E-state index contributed by atoms with van der Waals surface area (Å²) in [7, 11) is 1.63. The molecule has 2 aromatic carbocycles. The third kappa shape index (κ3) is 4.31. The molecule has 0 saturated carbocycles. The third-order valence-corrected chi connectivity index (χ3v) is 3.63. The molecule has 0 radical (unpaired) electrons. The van der Waals surface area contributed by atoms with Crippen molar-refractivity contribution in [3.63, 3.8) is 0 Å². The van der Waals surface area contributed by atoms with Crippen LogP contribution >= 0.6 is 0 Å². The number of ether oxygens (including phenoxy) is 1. The molecule has 3 nitrogen and oxygen atoms in total. The molecule has 3 heteroatoms. The first kappa shape index (κ1) is 15.5. The van der Waals surface area contributed by atoms with Gasteiger partial charge in [0.25, 0.3) is 0 Å². The Morgan fingerprint density at radius 1 is 1.14 bits per heavy atom. The van der Waals surface area contributed by atoms with Gasteiger partial charge in [0.1, 0.15) is 5.75 Å². The van der Waals surface area contributed by atoms with Crippen LogP contribution in [0.3, 0.4) is 0 Å². The number of aliphatic hydroxyl groups excluding tert-OH is 1. The van der Waals surface area contributed by atoms with Crippen LogP contribution in [0, 0.1) is 13.8 Å². The second-order valence-electron chi connectivity index (χ2n) is 5.35. The van der Waals surface area contributed by atoms with E-state index in [1.54, 1.807) is 7.11 Å². The first-order valence-electron chi connectivity index (χ1n) is 7.19. The molecule has 0 aromatic heterocycles. The standard InChI is InChI=1S/C18H23NO2/c1-13-7-8-16(14(2)9-13)11-19-12-18(20)15-5-4-6-17(10-15)21-3/h4-10,18-20H,11-12H2,1-3H3. The smallest absolute Gasteiger partial charge is 0.119 e. The molecular formula is C18H23NO2. The molecule has 0 heterocycles. The predicted molar refractivity (Wildman–Crippen MR) is 85.6 cm³/mol. The Hall–Kier alpha value is -1.84. The zero-order valence-corrected chi connectivity index (χ0v) is 12.9. The normalized spacial score (nSPS) is 12.2. The Kier molecular flexibility index (Phi) is 5.37. The minimum Gasteiger partial charge on any atom is -0.497 e. The fourth-order valence-electron chi connectivity index (χ4n) is 2.35. The van der Waals surface area contributed by atoms with Gasteiger partial charge in [0, 0.05) is 13.1 Å². The quantitative estimate of drug-likeness (QED) is 0.857. The van der Waals surface area contributed by atoms with E-state index in [2.05, 4.69) is 37.4 Å². The summed E-state index contributed by atoms with van der Waals surface area (Å²) in [6.45, 7) is 5.48. The number of benzene rings is 2. The van der Waals surface area contributed by atoms with Crippen molar-refractivity contribution in [2.75, 3.05) is 13.7 Å². The molecule has 0 aliphatic heterocycles. The third-order valence-electron chi connectivity index (χ3n) is 3.63. The number of rotatable bonds is 6. The monoisotopic (exact) mass is 285 g/mol. The summed E-state index contributed by atoms with van der Waals surface area (Å²) in [4.78, 5) is 0. The van der Waals surface area contributed by atoms with Crippen LogP contribution in [0.1, 0.15) is 28.4 Å². The van der Waals surface area contributed by atoms with E-state index in [0.29, 0.717) is 6.54 Å². The highest BCUT2D eigenvalue weighted by Crippen LogP contribution is 2.18. The van der Waals surface area contributed by atoms with Crippen molar-refractivity contribution in [3.8, 4) is 5.75 Å². The highest BCUT2D eigenvalue weighted by molar-refractivity contribution is 5.31. The average Bonchev–Trinajstić information content (AvgIpc) is 2.49. The molecule has 0 aliphatic rings. The minimum atomic E-state index is -0.536. The van der Waals surface area contributed by atoms with E-state index in [0.717, 1.165) is 17.9 Å². The van der Waals surface area contributed by atoms with E-state index >= 15 is 0 Å². The molecule has 0 amide bonds. The summed E-state index contributed by atoms with van der Waals surface area (Å²) in [5.41, 5.74) is 4.67. The summed E-state index contributed by atoms with van der Waals surface area (Å²) in [6.07, 6.45) is -0.536. The number of aliphatic hydroxyl groups is 1. The van der Waals surface area contributed by atoms with Gasteiger partial charge in [0.15, 0.2) is 0 Å². The van der Waals surface area contributed by atoms with Crippen LogP contribution in [0.5, 0.6) is 5.75 Å². The van der Waals surface area contributed by atoms with Crippen molar-refractivity contribution in [2.45, 2.75) is 26.5 Å². The molecule has 112 valence electrons. The van der Waals surface area contributed by atoms with Crippen molar-refractivity contribution in [3.05, 3.63) is 64.7 Å². The van der Waals surface area contributed by atoms with E-state index in [9.17, 15) is 5.11 Å². The molecule has 1 atom stereocenters. The van der Waals surface area contributed by atoms with Gasteiger partial charge in [-0.05, 0) is 42.7 Å². The lowest BCUT2D eigenvalue weighted by atomic mass is 10.1. The van der Waals surface area contributed by atoms with E-state index < -0.39 is 6.10 Å². The number of hydrogen-bond acceptors (Lipinski definition) is 3. The van der Waals surface area contributed by atoms with Gasteiger partial charge in [0.2, 0.25) is 0 Å². The van der Waals surface area contributed by atoms with Crippen LogP contribution in [-0.4, -0.2) is 18.8 Å². The zero-order chi connectivity index (χ0) is 15.2. The molecule has 0 fully saturated rings. The maximum atomic E-state index is 10.2. The Morgan fingerprint density at radius 2 is 1.95 bits per heavy atom. The summed E-state index contributed by atoms with van der Waals surface area (Å²) >= 11 is 0. The fraction of sp³-hybridized carbons (Fsp3) is 0.333. The largest absolute Gasteiger partial charge is 0.497 e. The maximum Gasteiger partial charge on any atom is 0.119 e. The van der Waals surface area contributed by atoms with Crippen molar-refractivity contribution in [1.82, 2.24) is 5.32 Å². The second-order valence-corrected chi connectivity index (χ2v) is 5.35. The molecular weight excluding hydrogens is 262 g/mol. The first-order valence-corrected chi connectivity index (χ1v) is 7.19. The molecule has 21 heavy (non-hydrogen) atoms. The molecule has 0 bridgehead atoms. The van der Waals surface area contributed by atoms with Gasteiger partial charge in [-0.25, -0.2) is 0 Å².